The molecule has 0 unspecified atom stereocenters. The summed E-state index contributed by atoms with van der Waals surface area (Å²) in [4.78, 5) is 27.8. The molecule has 140 valence electrons. The van der Waals surface area contributed by atoms with Gasteiger partial charge in [-0.25, -0.2) is 9.59 Å². The number of nitrogens with one attached hydrogen (secondary N) is 1. The van der Waals surface area contributed by atoms with Gasteiger partial charge in [-0.2, -0.15) is 0 Å². The van der Waals surface area contributed by atoms with Crippen LogP contribution in [0.1, 0.15) is 46.0 Å². The van der Waals surface area contributed by atoms with E-state index in [9.17, 15) is 9.59 Å². The van der Waals surface area contributed by atoms with E-state index < -0.39 is 0 Å². The molecule has 1 saturated carbocycles. The van der Waals surface area contributed by atoms with Gasteiger partial charge in [-0.15, -0.1) is 0 Å². The zero-order valence-corrected chi connectivity index (χ0v) is 15.3. The molecule has 7 nitrogen and oxygen atoms in total. The number of ether oxygens (including phenoxy) is 2. The molecule has 25 heavy (non-hydrogen) atoms. The first-order valence-electron chi connectivity index (χ1n) is 9.55. The Bertz CT molecular complexity index is 551. The first kappa shape index (κ1) is 16.9. The molecule has 2 amide bonds. The first-order chi connectivity index (χ1) is 11.9. The number of likely N-dealkylation sites (tertiary alicyclic amines) is 2. The van der Waals surface area contributed by atoms with Crippen molar-refractivity contribution in [1.82, 2.24) is 15.1 Å². The molecule has 0 bridgehead atoms. The van der Waals surface area contributed by atoms with Crippen LogP contribution in [0.4, 0.5) is 9.59 Å². The number of hydrogen-bond donors (Lipinski definition) is 1. The molecule has 1 N–H and O–H groups in total. The SMILES string of the molecule is CC(C)OC(=O)N1CCC2(CC(N3CCC4(CC3)CNC(=O)O4)C2)C1. The molecule has 0 aromatic rings. The molecular weight excluding hydrogens is 322 g/mol. The summed E-state index contributed by atoms with van der Waals surface area (Å²) in [5, 5.41) is 2.79. The highest BCUT2D eigenvalue weighted by atomic mass is 16.6. The van der Waals surface area contributed by atoms with Crippen molar-refractivity contribution in [2.24, 2.45) is 5.41 Å². The van der Waals surface area contributed by atoms with E-state index in [4.69, 9.17) is 9.47 Å². The average molecular weight is 351 g/mol. The molecule has 3 heterocycles. The molecule has 4 aliphatic rings. The van der Waals surface area contributed by atoms with Crippen LogP contribution in [0.15, 0.2) is 0 Å². The minimum absolute atomic E-state index is 0.0574. The van der Waals surface area contributed by atoms with Crippen LogP contribution in [0.3, 0.4) is 0 Å². The Morgan fingerprint density at radius 2 is 1.96 bits per heavy atom. The van der Waals surface area contributed by atoms with Gasteiger partial charge in [0.1, 0.15) is 5.60 Å². The minimum atomic E-state index is -0.268. The van der Waals surface area contributed by atoms with Crippen LogP contribution in [0.5, 0.6) is 0 Å². The van der Waals surface area contributed by atoms with E-state index in [2.05, 4.69) is 10.2 Å². The Hall–Kier alpha value is -1.50. The predicted molar refractivity (Wildman–Crippen MR) is 91.3 cm³/mol. The van der Waals surface area contributed by atoms with Crippen LogP contribution >= 0.6 is 0 Å². The van der Waals surface area contributed by atoms with E-state index in [0.717, 1.165) is 45.4 Å². The van der Waals surface area contributed by atoms with Crippen molar-refractivity contribution < 1.29 is 19.1 Å². The summed E-state index contributed by atoms with van der Waals surface area (Å²) in [6.45, 7) is 8.09. The molecule has 4 fully saturated rings. The van der Waals surface area contributed by atoms with Gasteiger partial charge in [0, 0.05) is 45.1 Å². The van der Waals surface area contributed by atoms with E-state index in [1.807, 2.05) is 18.7 Å². The fourth-order valence-electron chi connectivity index (χ4n) is 4.98. The highest BCUT2D eigenvalue weighted by Gasteiger charge is 2.53. The van der Waals surface area contributed by atoms with Gasteiger partial charge < -0.3 is 24.6 Å². The van der Waals surface area contributed by atoms with Crippen molar-refractivity contribution in [3.05, 3.63) is 0 Å². The quantitative estimate of drug-likeness (QED) is 0.823. The Morgan fingerprint density at radius 3 is 2.56 bits per heavy atom. The largest absolute Gasteiger partial charge is 0.447 e. The summed E-state index contributed by atoms with van der Waals surface area (Å²) in [7, 11) is 0. The number of amides is 2. The van der Waals surface area contributed by atoms with Crippen LogP contribution in [0.25, 0.3) is 0 Å². The maximum Gasteiger partial charge on any atom is 0.410 e. The first-order valence-corrected chi connectivity index (χ1v) is 9.55. The van der Waals surface area contributed by atoms with Crippen molar-refractivity contribution in [2.45, 2.75) is 63.7 Å². The van der Waals surface area contributed by atoms with Crippen molar-refractivity contribution in [2.75, 3.05) is 32.7 Å². The maximum absolute atomic E-state index is 12.1. The van der Waals surface area contributed by atoms with Gasteiger partial charge in [0.2, 0.25) is 0 Å². The molecule has 0 aromatic carbocycles. The number of carbonyl (C=O) groups excluding carboxylic acids is 2. The van der Waals surface area contributed by atoms with Gasteiger partial charge in [-0.05, 0) is 38.5 Å². The fraction of sp³-hybridized carbons (Fsp3) is 0.889. The topological polar surface area (TPSA) is 71.1 Å². The summed E-state index contributed by atoms with van der Waals surface area (Å²) in [5.41, 5.74) is 0.0387. The highest BCUT2D eigenvalue weighted by Crippen LogP contribution is 2.51. The van der Waals surface area contributed by atoms with Crippen LogP contribution in [0, 0.1) is 5.41 Å². The van der Waals surface area contributed by atoms with E-state index in [-0.39, 0.29) is 23.9 Å². The number of alkyl carbamates (subject to hydrolysis) is 1. The molecule has 2 spiro atoms. The normalized spacial score (nSPS) is 34.3. The predicted octanol–water partition coefficient (Wildman–Crippen LogP) is 1.96. The van der Waals surface area contributed by atoms with E-state index in [1.54, 1.807) is 0 Å². The van der Waals surface area contributed by atoms with Crippen LogP contribution < -0.4 is 5.32 Å². The second-order valence-corrected chi connectivity index (χ2v) is 8.63. The zero-order valence-electron chi connectivity index (χ0n) is 15.3. The average Bonchev–Trinajstić information content (AvgIpc) is 3.11. The van der Waals surface area contributed by atoms with Gasteiger partial charge >= 0.3 is 12.2 Å². The molecular formula is C18H29N3O4. The summed E-state index contributed by atoms with van der Waals surface area (Å²) in [6.07, 6.45) is 4.78. The van der Waals surface area contributed by atoms with Gasteiger partial charge in [0.25, 0.3) is 0 Å². The second kappa shape index (κ2) is 6.04. The molecule has 4 rings (SSSR count). The monoisotopic (exact) mass is 351 g/mol. The lowest BCUT2D eigenvalue weighted by molar-refractivity contribution is -0.0509. The lowest BCUT2D eigenvalue weighted by Gasteiger charge is -2.52. The lowest BCUT2D eigenvalue weighted by atomic mass is 9.64. The maximum atomic E-state index is 12.1. The van der Waals surface area contributed by atoms with Crippen molar-refractivity contribution in [3.63, 3.8) is 0 Å². The van der Waals surface area contributed by atoms with Crippen molar-refractivity contribution in [1.29, 1.82) is 0 Å². The molecule has 1 aliphatic carbocycles. The summed E-state index contributed by atoms with van der Waals surface area (Å²) >= 11 is 0. The molecule has 0 radical (unpaired) electrons. The van der Waals surface area contributed by atoms with Gasteiger partial charge in [0.05, 0.1) is 12.6 Å². The lowest BCUT2D eigenvalue weighted by Crippen LogP contribution is -2.57. The van der Waals surface area contributed by atoms with Crippen molar-refractivity contribution >= 4 is 12.2 Å². The minimum Gasteiger partial charge on any atom is -0.447 e. The Labute approximate surface area is 149 Å². The number of rotatable bonds is 2. The third-order valence-electron chi connectivity index (χ3n) is 6.46. The Morgan fingerprint density at radius 1 is 1.24 bits per heavy atom. The van der Waals surface area contributed by atoms with Crippen molar-refractivity contribution in [3.8, 4) is 0 Å². The molecule has 3 aliphatic heterocycles. The number of carbonyl (C=O) groups is 2. The van der Waals surface area contributed by atoms with E-state index in [1.165, 1.54) is 12.8 Å². The van der Waals surface area contributed by atoms with E-state index >= 15 is 0 Å². The van der Waals surface area contributed by atoms with Gasteiger partial charge in [0.15, 0.2) is 0 Å². The molecule has 0 atom stereocenters. The third-order valence-corrected chi connectivity index (χ3v) is 6.46. The van der Waals surface area contributed by atoms with Crippen LogP contribution in [0.2, 0.25) is 0 Å². The molecule has 0 aromatic heterocycles. The van der Waals surface area contributed by atoms with Gasteiger partial charge in [-0.3, -0.25) is 0 Å². The van der Waals surface area contributed by atoms with Crippen LogP contribution in [-0.2, 0) is 9.47 Å². The fourth-order valence-corrected chi connectivity index (χ4v) is 4.98. The summed E-state index contributed by atoms with van der Waals surface area (Å²) in [6, 6.07) is 0.614. The van der Waals surface area contributed by atoms with Crippen LogP contribution in [-0.4, -0.2) is 72.5 Å². The molecule has 3 saturated heterocycles. The summed E-state index contributed by atoms with van der Waals surface area (Å²) in [5.74, 6) is 0. The Kier molecular flexibility index (Phi) is 4.09. The van der Waals surface area contributed by atoms with E-state index in [0.29, 0.717) is 18.0 Å². The van der Waals surface area contributed by atoms with Gasteiger partial charge in [-0.1, -0.05) is 0 Å². The smallest absolute Gasteiger partial charge is 0.410 e. The second-order valence-electron chi connectivity index (χ2n) is 8.63. The standard InChI is InChI=1S/C18H29N3O4/c1-13(2)24-16(23)21-6-3-17(12-21)9-14(10-17)20-7-4-18(5-8-20)11-19-15(22)25-18/h13-14H,3-12H2,1-2H3,(H,19,22). The zero-order chi connectivity index (χ0) is 17.7. The summed E-state index contributed by atoms with van der Waals surface area (Å²) < 4.78 is 10.8. The number of hydrogen-bond acceptors (Lipinski definition) is 5. The number of piperidine rings is 1. The number of nitrogens with zero attached hydrogens (tertiary/aromatic N) is 2. The molecule has 7 heteroatoms. The Balaban J connectivity index is 1.25. The highest BCUT2D eigenvalue weighted by molar-refractivity contribution is 5.70. The third kappa shape index (κ3) is 3.18.